The van der Waals surface area contributed by atoms with Gasteiger partial charge in [-0.3, -0.25) is 0 Å². The molecule has 0 aliphatic carbocycles. The zero-order valence-corrected chi connectivity index (χ0v) is 10.1. The molecule has 1 saturated heterocycles. The van der Waals surface area contributed by atoms with E-state index < -0.39 is 12.1 Å². The highest BCUT2D eigenvalue weighted by Gasteiger charge is 2.26. The number of rotatable bonds is 2. The largest absolute Gasteiger partial charge is 0.496 e. The van der Waals surface area contributed by atoms with Gasteiger partial charge in [0, 0.05) is 6.42 Å². The maximum atomic E-state index is 13.7. The van der Waals surface area contributed by atoms with Gasteiger partial charge in [0.05, 0.1) is 25.3 Å². The van der Waals surface area contributed by atoms with Crippen molar-refractivity contribution < 1.29 is 18.7 Å². The molecule has 1 fully saturated rings. The first-order valence-electron chi connectivity index (χ1n) is 4.98. The zero-order valence-electron chi connectivity index (χ0n) is 9.23. The molecule has 0 radical (unpaired) electrons. The molecule has 17 heavy (non-hydrogen) atoms. The SMILES string of the molecule is COc1cccc(F)c1[C@H]1CCOC(=O)N1.Cl. The minimum atomic E-state index is -0.526. The molecular weight excluding hydrogens is 249 g/mol. The Labute approximate surface area is 105 Å². The van der Waals surface area contributed by atoms with E-state index in [1.54, 1.807) is 12.1 Å². The third-order valence-electron chi connectivity index (χ3n) is 2.51. The summed E-state index contributed by atoms with van der Waals surface area (Å²) in [6.07, 6.45) is 0.00445. The van der Waals surface area contributed by atoms with Gasteiger partial charge in [-0.25, -0.2) is 9.18 Å². The van der Waals surface area contributed by atoms with Crippen LogP contribution >= 0.6 is 12.4 Å². The fourth-order valence-corrected chi connectivity index (χ4v) is 1.78. The molecule has 0 unspecified atom stereocenters. The first-order chi connectivity index (χ1) is 7.72. The number of carbonyl (C=O) groups is 1. The van der Waals surface area contributed by atoms with Gasteiger partial charge < -0.3 is 14.8 Å². The summed E-state index contributed by atoms with van der Waals surface area (Å²) in [6, 6.07) is 4.19. The van der Waals surface area contributed by atoms with E-state index in [-0.39, 0.29) is 24.8 Å². The van der Waals surface area contributed by atoms with Crippen LogP contribution in [-0.2, 0) is 4.74 Å². The third kappa shape index (κ3) is 2.79. The van der Waals surface area contributed by atoms with Crippen LogP contribution in [0, 0.1) is 5.82 Å². The van der Waals surface area contributed by atoms with Gasteiger partial charge in [0.2, 0.25) is 0 Å². The summed E-state index contributed by atoms with van der Waals surface area (Å²) in [5.41, 5.74) is 0.377. The zero-order chi connectivity index (χ0) is 11.5. The summed E-state index contributed by atoms with van der Waals surface area (Å²) < 4.78 is 23.5. The molecule has 0 saturated carbocycles. The Morgan fingerprint density at radius 3 is 2.94 bits per heavy atom. The lowest BCUT2D eigenvalue weighted by Crippen LogP contribution is -2.35. The van der Waals surface area contributed by atoms with Crippen LogP contribution in [0.2, 0.25) is 0 Å². The van der Waals surface area contributed by atoms with Crippen molar-refractivity contribution in [3.05, 3.63) is 29.6 Å². The number of alkyl carbamates (subject to hydrolysis) is 1. The summed E-state index contributed by atoms with van der Waals surface area (Å²) in [5.74, 6) is 0.0544. The number of methoxy groups -OCH3 is 1. The standard InChI is InChI=1S/C11H12FNO3.ClH/c1-15-9-4-2-3-7(12)10(9)8-5-6-16-11(14)13-8;/h2-4,8H,5-6H2,1H3,(H,13,14);1H/t8-;/m1./s1. The number of amides is 1. The van der Waals surface area contributed by atoms with Crippen molar-refractivity contribution >= 4 is 18.5 Å². The number of ether oxygens (including phenoxy) is 2. The first kappa shape index (κ1) is 13.6. The summed E-state index contributed by atoms with van der Waals surface area (Å²) in [4.78, 5) is 11.1. The molecule has 0 bridgehead atoms. The molecule has 0 aromatic heterocycles. The highest BCUT2D eigenvalue weighted by atomic mass is 35.5. The second kappa shape index (κ2) is 5.72. The fraction of sp³-hybridized carbons (Fsp3) is 0.364. The Morgan fingerprint density at radius 1 is 1.53 bits per heavy atom. The Kier molecular flexibility index (Phi) is 4.57. The molecule has 1 amide bonds. The molecule has 2 rings (SSSR count). The molecule has 0 spiro atoms. The van der Waals surface area contributed by atoms with Crippen molar-refractivity contribution in [2.45, 2.75) is 12.5 Å². The minimum Gasteiger partial charge on any atom is -0.496 e. The lowest BCUT2D eigenvalue weighted by molar-refractivity contribution is 0.114. The van der Waals surface area contributed by atoms with Crippen molar-refractivity contribution in [1.82, 2.24) is 5.32 Å². The van der Waals surface area contributed by atoms with E-state index in [0.717, 1.165) is 0 Å². The van der Waals surface area contributed by atoms with Crippen LogP contribution in [0.15, 0.2) is 18.2 Å². The molecule has 4 nitrogen and oxygen atoms in total. The van der Waals surface area contributed by atoms with E-state index in [0.29, 0.717) is 17.7 Å². The summed E-state index contributed by atoms with van der Waals surface area (Å²) in [7, 11) is 1.47. The number of hydrogen-bond donors (Lipinski definition) is 1. The van der Waals surface area contributed by atoms with Crippen molar-refractivity contribution in [3.8, 4) is 5.75 Å². The Bertz CT molecular complexity index is 414. The average Bonchev–Trinajstić information content (AvgIpc) is 2.28. The molecule has 1 aromatic rings. The van der Waals surface area contributed by atoms with E-state index in [9.17, 15) is 9.18 Å². The van der Waals surface area contributed by atoms with Gasteiger partial charge in [0.1, 0.15) is 11.6 Å². The van der Waals surface area contributed by atoms with Gasteiger partial charge in [0.25, 0.3) is 0 Å². The normalized spacial score (nSPS) is 18.7. The molecule has 1 heterocycles. The third-order valence-corrected chi connectivity index (χ3v) is 2.51. The van der Waals surface area contributed by atoms with E-state index in [1.807, 2.05) is 0 Å². The molecule has 6 heteroatoms. The number of carbonyl (C=O) groups excluding carboxylic acids is 1. The monoisotopic (exact) mass is 261 g/mol. The predicted octanol–water partition coefficient (Wildman–Crippen LogP) is 2.43. The highest BCUT2D eigenvalue weighted by Crippen LogP contribution is 2.31. The van der Waals surface area contributed by atoms with E-state index in [2.05, 4.69) is 5.32 Å². The lowest BCUT2D eigenvalue weighted by Gasteiger charge is -2.25. The fourth-order valence-electron chi connectivity index (χ4n) is 1.78. The van der Waals surface area contributed by atoms with Crippen LogP contribution in [-0.4, -0.2) is 19.8 Å². The van der Waals surface area contributed by atoms with Crippen LogP contribution in [0.25, 0.3) is 0 Å². The van der Waals surface area contributed by atoms with Gasteiger partial charge in [-0.2, -0.15) is 0 Å². The van der Waals surface area contributed by atoms with Crippen molar-refractivity contribution in [2.75, 3.05) is 13.7 Å². The van der Waals surface area contributed by atoms with Gasteiger partial charge in [-0.1, -0.05) is 6.07 Å². The molecule has 94 valence electrons. The van der Waals surface area contributed by atoms with E-state index in [1.165, 1.54) is 13.2 Å². The van der Waals surface area contributed by atoms with Crippen molar-refractivity contribution in [2.24, 2.45) is 0 Å². The first-order valence-corrected chi connectivity index (χ1v) is 4.98. The van der Waals surface area contributed by atoms with E-state index >= 15 is 0 Å². The Hall–Kier alpha value is -1.49. The minimum absolute atomic E-state index is 0. The highest BCUT2D eigenvalue weighted by molar-refractivity contribution is 5.85. The molecule has 1 atom stereocenters. The molecular formula is C11H13ClFNO3. The van der Waals surface area contributed by atoms with Gasteiger partial charge >= 0.3 is 6.09 Å². The second-order valence-corrected chi connectivity index (χ2v) is 3.48. The number of cyclic esters (lactones) is 1. The maximum absolute atomic E-state index is 13.7. The number of nitrogens with one attached hydrogen (secondary N) is 1. The van der Waals surface area contributed by atoms with Crippen LogP contribution in [0.4, 0.5) is 9.18 Å². The molecule has 1 N–H and O–H groups in total. The summed E-state index contributed by atoms with van der Waals surface area (Å²) in [6.45, 7) is 0.286. The van der Waals surface area contributed by atoms with Crippen LogP contribution in [0.1, 0.15) is 18.0 Å². The summed E-state index contributed by atoms with van der Waals surface area (Å²) >= 11 is 0. The summed E-state index contributed by atoms with van der Waals surface area (Å²) in [5, 5.41) is 2.57. The van der Waals surface area contributed by atoms with Crippen LogP contribution < -0.4 is 10.1 Å². The topological polar surface area (TPSA) is 47.6 Å². The van der Waals surface area contributed by atoms with Gasteiger partial charge in [-0.05, 0) is 12.1 Å². The number of hydrogen-bond acceptors (Lipinski definition) is 3. The number of benzene rings is 1. The predicted molar refractivity (Wildman–Crippen MR) is 62.0 cm³/mol. The second-order valence-electron chi connectivity index (χ2n) is 3.48. The van der Waals surface area contributed by atoms with E-state index in [4.69, 9.17) is 9.47 Å². The number of halogens is 2. The van der Waals surface area contributed by atoms with Crippen molar-refractivity contribution in [1.29, 1.82) is 0 Å². The van der Waals surface area contributed by atoms with Crippen LogP contribution in [0.5, 0.6) is 5.75 Å². The van der Waals surface area contributed by atoms with Gasteiger partial charge in [0.15, 0.2) is 0 Å². The molecule has 1 aliphatic heterocycles. The Morgan fingerprint density at radius 2 is 2.29 bits per heavy atom. The molecule has 1 aliphatic rings. The van der Waals surface area contributed by atoms with Crippen LogP contribution in [0.3, 0.4) is 0 Å². The lowest BCUT2D eigenvalue weighted by atomic mass is 10.0. The average molecular weight is 262 g/mol. The Balaban J connectivity index is 0.00000144. The smallest absolute Gasteiger partial charge is 0.407 e. The van der Waals surface area contributed by atoms with Gasteiger partial charge in [-0.15, -0.1) is 12.4 Å². The quantitative estimate of drug-likeness (QED) is 0.889. The van der Waals surface area contributed by atoms with Crippen molar-refractivity contribution in [3.63, 3.8) is 0 Å². The maximum Gasteiger partial charge on any atom is 0.407 e. The molecule has 1 aromatic carbocycles.